The first-order valence-electron chi connectivity index (χ1n) is 19.2. The number of hydrogen-bond donors (Lipinski definition) is 0. The number of hydrogen-bond acceptors (Lipinski definition) is 2. The Morgan fingerprint density at radius 1 is 0.560 bits per heavy atom. The van der Waals surface area contributed by atoms with Gasteiger partial charge in [0.1, 0.15) is 0 Å². The Kier molecular flexibility index (Phi) is 15.5. The smallest absolute Gasteiger partial charge is 1.00 e. The van der Waals surface area contributed by atoms with Gasteiger partial charge in [-0.2, -0.15) is 0 Å². The minimum Gasteiger partial charge on any atom is -1.00 e. The summed E-state index contributed by atoms with van der Waals surface area (Å²) in [5.74, 6) is 0. The molecule has 2 nitrogen and oxygen atoms in total. The molecular weight excluding hydrogens is 731 g/mol. The molecule has 0 amide bonds. The molecule has 0 saturated heterocycles. The van der Waals surface area contributed by atoms with Crippen LogP contribution >= 0.6 is 0 Å². The average Bonchev–Trinajstić information content (AvgIpc) is 3.83. The number of benzene rings is 2. The van der Waals surface area contributed by atoms with Crippen molar-refractivity contribution in [2.45, 2.75) is 131 Å². The van der Waals surface area contributed by atoms with Gasteiger partial charge >= 0.3 is 302 Å². The van der Waals surface area contributed by atoms with Gasteiger partial charge in [0.2, 0.25) is 0 Å². The second kappa shape index (κ2) is 19.1. The topological polar surface area (TPSA) is 6.48 Å². The molecule has 50 heavy (non-hydrogen) atoms. The van der Waals surface area contributed by atoms with Gasteiger partial charge in [-0.3, -0.25) is 0 Å². The van der Waals surface area contributed by atoms with E-state index in [0.717, 1.165) is 0 Å². The first-order chi connectivity index (χ1) is 23.5. The first-order valence-corrected chi connectivity index (χ1v) is 22.9. The summed E-state index contributed by atoms with van der Waals surface area (Å²) in [5.41, 5.74) is 12.2. The molecule has 5 heteroatoms. The molecule has 0 spiro atoms. The molecule has 2 unspecified atom stereocenters. The van der Waals surface area contributed by atoms with Crippen molar-refractivity contribution in [1.29, 1.82) is 0 Å². The fraction of sp³-hybridized carbons (Fsp3) is 0.444. The predicted octanol–water partition coefficient (Wildman–Crippen LogP) is 6.52. The van der Waals surface area contributed by atoms with Crippen molar-refractivity contribution in [2.24, 2.45) is 0 Å². The summed E-state index contributed by atoms with van der Waals surface area (Å²) in [7, 11) is 0. The molecule has 0 bridgehead atoms. The third kappa shape index (κ3) is 8.22. The van der Waals surface area contributed by atoms with Crippen LogP contribution in [0.4, 0.5) is 11.4 Å². The molecule has 0 aromatic heterocycles. The largest absolute Gasteiger partial charge is 1.00 e. The summed E-state index contributed by atoms with van der Waals surface area (Å²) in [4.78, 5) is 5.40. The molecule has 2 aromatic carbocycles. The fourth-order valence-corrected chi connectivity index (χ4v) is 16.3. The van der Waals surface area contributed by atoms with Crippen molar-refractivity contribution in [2.75, 3.05) is 9.80 Å². The zero-order valence-corrected chi connectivity index (χ0v) is 35.3. The second-order valence-electron chi connectivity index (χ2n) is 14.4. The molecule has 266 valence electrons. The third-order valence-corrected chi connectivity index (χ3v) is 18.4. The molecule has 0 N–H and O–H groups in total. The van der Waals surface area contributed by atoms with Gasteiger partial charge in [0.05, 0.1) is 0 Å². The van der Waals surface area contributed by atoms with Crippen molar-refractivity contribution in [3.05, 3.63) is 125 Å². The van der Waals surface area contributed by atoms with E-state index >= 15 is 0 Å². The molecule has 2 aliphatic heterocycles. The van der Waals surface area contributed by atoms with Crippen LogP contribution in [0.1, 0.15) is 119 Å². The second-order valence-corrected chi connectivity index (χ2v) is 21.2. The molecule has 0 radical (unpaired) electrons. The number of rotatable bonds is 16. The summed E-state index contributed by atoms with van der Waals surface area (Å²) in [6, 6.07) is 23.4. The summed E-state index contributed by atoms with van der Waals surface area (Å²) in [6.07, 6.45) is 25.5. The quantitative estimate of drug-likeness (QED) is 0.191. The van der Waals surface area contributed by atoms with Crippen LogP contribution in [0.2, 0.25) is 0 Å². The van der Waals surface area contributed by atoms with Crippen molar-refractivity contribution < 1.29 is 46.1 Å². The van der Waals surface area contributed by atoms with Crippen LogP contribution in [-0.2, 0) is 21.3 Å². The van der Waals surface area contributed by atoms with E-state index in [1.165, 1.54) is 99.8 Å². The summed E-state index contributed by atoms with van der Waals surface area (Å²) >= 11 is -2.57. The van der Waals surface area contributed by atoms with E-state index in [1.807, 2.05) is 0 Å². The summed E-state index contributed by atoms with van der Waals surface area (Å²) in [6.45, 7) is 14.4. The Morgan fingerprint density at radius 2 is 0.940 bits per heavy atom. The summed E-state index contributed by atoms with van der Waals surface area (Å²) in [5, 5.41) is 0. The van der Waals surface area contributed by atoms with E-state index in [2.05, 4.69) is 136 Å². The molecule has 4 aliphatic rings. The van der Waals surface area contributed by atoms with E-state index in [9.17, 15) is 0 Å². The molecule has 2 heterocycles. The van der Waals surface area contributed by atoms with Crippen LogP contribution in [0, 0.1) is 0 Å². The molecule has 0 fully saturated rings. The number of nitrogens with zero attached hydrogens (tertiary/aromatic N) is 2. The zero-order valence-electron chi connectivity index (χ0n) is 31.4. The van der Waals surface area contributed by atoms with Crippen LogP contribution in [0.3, 0.4) is 0 Å². The van der Waals surface area contributed by atoms with Crippen molar-refractivity contribution in [1.82, 2.24) is 0 Å². The molecular formula is C45H58Cl2N2Zr. The maximum atomic E-state index is 2.71. The Hall–Kier alpha value is -2.19. The summed E-state index contributed by atoms with van der Waals surface area (Å²) < 4.78 is 5.30. The normalized spacial score (nSPS) is 18.9. The zero-order chi connectivity index (χ0) is 33.6. The average molecular weight is 789 g/mol. The Morgan fingerprint density at radius 3 is 1.28 bits per heavy atom. The molecule has 2 aromatic rings. The van der Waals surface area contributed by atoms with Crippen molar-refractivity contribution in [3.8, 4) is 0 Å². The van der Waals surface area contributed by atoms with E-state index in [0.29, 0.717) is 12.1 Å². The standard InChI is InChI=1S/2C21H26N.C3H6.2ClH.Zr/c2*1-3-5-10-17-14-18-16-20(11-6-4-2)22(21(18)15-17)19-12-8-7-9-13-19;1-3-2;;;/h2*7-9,12-13,15-16,20H,3-6,10-11H2,1-2H3;1-2H3;2*1H;/q;;;;;+2/p-2. The minimum atomic E-state index is -2.57. The number of para-hydroxylation sites is 2. The third-order valence-electron chi connectivity index (χ3n) is 10.6. The number of fused-ring (bicyclic) bond motifs is 2. The Balaban J connectivity index is 0.00000281. The van der Waals surface area contributed by atoms with Crippen LogP contribution in [0.15, 0.2) is 125 Å². The van der Waals surface area contributed by atoms with Gasteiger partial charge in [0.15, 0.2) is 0 Å². The maximum Gasteiger partial charge on any atom is -1.00 e. The van der Waals surface area contributed by atoms with Gasteiger partial charge < -0.3 is 24.8 Å². The van der Waals surface area contributed by atoms with Crippen LogP contribution in [0.25, 0.3) is 0 Å². The van der Waals surface area contributed by atoms with Gasteiger partial charge in [-0.15, -0.1) is 0 Å². The molecule has 2 atom stereocenters. The number of halogens is 2. The minimum absolute atomic E-state index is 0. The Bertz CT molecular complexity index is 1570. The Labute approximate surface area is 324 Å². The molecule has 0 saturated carbocycles. The van der Waals surface area contributed by atoms with Gasteiger partial charge in [-0.1, -0.05) is 0 Å². The van der Waals surface area contributed by atoms with Crippen molar-refractivity contribution in [3.63, 3.8) is 0 Å². The number of anilines is 2. The van der Waals surface area contributed by atoms with E-state index in [4.69, 9.17) is 0 Å². The van der Waals surface area contributed by atoms with Crippen LogP contribution < -0.4 is 34.6 Å². The van der Waals surface area contributed by atoms with E-state index < -0.39 is 21.3 Å². The van der Waals surface area contributed by atoms with Crippen LogP contribution in [0.5, 0.6) is 0 Å². The van der Waals surface area contributed by atoms with Crippen molar-refractivity contribution >= 4 is 14.6 Å². The van der Waals surface area contributed by atoms with E-state index in [-0.39, 0.29) is 24.8 Å². The monoisotopic (exact) mass is 786 g/mol. The molecule has 6 rings (SSSR count). The van der Waals surface area contributed by atoms with E-state index in [1.54, 1.807) is 32.1 Å². The van der Waals surface area contributed by atoms with Gasteiger partial charge in [-0.05, 0) is 0 Å². The van der Waals surface area contributed by atoms with Gasteiger partial charge in [0.25, 0.3) is 0 Å². The SMILES string of the molecule is CCCCC1=[C]([Zr+2]([C]2=C(CCCC)C=C3C2=CC(CCCC)N3c2ccccc2)=[C](C)C)C2=CC(CCCC)N(c3ccccc3)C2=C1.[Cl-].[Cl-]. The number of unbranched alkanes of at least 4 members (excludes halogenated alkanes) is 4. The fourth-order valence-electron chi connectivity index (χ4n) is 8.29. The predicted molar refractivity (Wildman–Crippen MR) is 206 cm³/mol. The first kappa shape index (κ1) is 40.6. The van der Waals surface area contributed by atoms with Gasteiger partial charge in [-0.25, -0.2) is 0 Å². The van der Waals surface area contributed by atoms with Crippen LogP contribution in [-0.4, -0.2) is 15.3 Å². The van der Waals surface area contributed by atoms with Gasteiger partial charge in [0, 0.05) is 0 Å². The number of allylic oxidation sites excluding steroid dienone is 6. The molecule has 2 aliphatic carbocycles. The maximum absolute atomic E-state index is 2.71.